The molecule has 3 fully saturated rings. The maximum absolute atomic E-state index is 5.88. The molecule has 0 aliphatic carbocycles. The van der Waals surface area contributed by atoms with Gasteiger partial charge in [-0.15, -0.1) is 24.8 Å². The molecule has 1 atom stereocenters. The predicted octanol–water partition coefficient (Wildman–Crippen LogP) is 0.883. The van der Waals surface area contributed by atoms with Gasteiger partial charge in [0.25, 0.3) is 0 Å². The van der Waals surface area contributed by atoms with E-state index in [-0.39, 0.29) is 24.8 Å². The minimum Gasteiger partial charge on any atom is -0.326 e. The molecular weight excluding hydrogens is 183 g/mol. The molecule has 68 valence electrons. The highest BCUT2D eigenvalue weighted by molar-refractivity contribution is 5.85. The summed E-state index contributed by atoms with van der Waals surface area (Å²) in [6, 6.07) is 0.493. The quantitative estimate of drug-likeness (QED) is 0.627. The summed E-state index contributed by atoms with van der Waals surface area (Å²) < 4.78 is 0. The fourth-order valence-electron chi connectivity index (χ4n) is 2.01. The Hall–Kier alpha value is 0.500. The van der Waals surface area contributed by atoms with E-state index in [0.29, 0.717) is 6.04 Å². The van der Waals surface area contributed by atoms with Crippen LogP contribution in [-0.4, -0.2) is 30.6 Å². The Morgan fingerprint density at radius 1 is 1.09 bits per heavy atom. The van der Waals surface area contributed by atoms with Crippen LogP contribution in [0.2, 0.25) is 0 Å². The largest absolute Gasteiger partial charge is 0.326 e. The van der Waals surface area contributed by atoms with Crippen LogP contribution in [0.3, 0.4) is 0 Å². The van der Waals surface area contributed by atoms with E-state index in [1.54, 1.807) is 0 Å². The van der Waals surface area contributed by atoms with Crippen LogP contribution in [0, 0.1) is 5.92 Å². The Kier molecular flexibility index (Phi) is 4.71. The van der Waals surface area contributed by atoms with Gasteiger partial charge >= 0.3 is 0 Å². The molecule has 2 N–H and O–H groups in total. The topological polar surface area (TPSA) is 29.3 Å². The van der Waals surface area contributed by atoms with Crippen LogP contribution in [0.4, 0.5) is 0 Å². The van der Waals surface area contributed by atoms with Crippen LogP contribution in [0.15, 0.2) is 0 Å². The molecule has 3 aliphatic heterocycles. The number of nitrogens with two attached hydrogens (primary N) is 1. The van der Waals surface area contributed by atoms with E-state index in [9.17, 15) is 0 Å². The lowest BCUT2D eigenvalue weighted by Crippen LogP contribution is -2.54. The summed E-state index contributed by atoms with van der Waals surface area (Å²) in [5.41, 5.74) is 5.88. The van der Waals surface area contributed by atoms with Crippen molar-refractivity contribution in [1.29, 1.82) is 0 Å². The minimum atomic E-state index is 0. The lowest BCUT2D eigenvalue weighted by Gasteiger charge is -2.43. The Bertz CT molecular complexity index is 113. The first-order valence-corrected chi connectivity index (χ1v) is 3.84. The Morgan fingerprint density at radius 3 is 1.82 bits per heavy atom. The number of halogens is 2. The molecule has 3 heterocycles. The van der Waals surface area contributed by atoms with E-state index in [0.717, 1.165) is 12.5 Å². The van der Waals surface area contributed by atoms with Crippen LogP contribution in [0.25, 0.3) is 0 Å². The molecule has 0 unspecified atom stereocenters. The second-order valence-electron chi connectivity index (χ2n) is 3.30. The van der Waals surface area contributed by atoms with Crippen molar-refractivity contribution in [2.24, 2.45) is 11.7 Å². The molecule has 0 aromatic carbocycles. The van der Waals surface area contributed by atoms with Gasteiger partial charge in [0.05, 0.1) is 0 Å². The zero-order chi connectivity index (χ0) is 6.27. The monoisotopic (exact) mass is 198 g/mol. The maximum atomic E-state index is 5.88. The molecule has 0 aromatic rings. The Morgan fingerprint density at radius 2 is 1.64 bits per heavy atom. The number of hydrogen-bond donors (Lipinski definition) is 1. The number of hydrogen-bond acceptors (Lipinski definition) is 2. The van der Waals surface area contributed by atoms with Gasteiger partial charge in [0.2, 0.25) is 0 Å². The highest BCUT2D eigenvalue weighted by Crippen LogP contribution is 2.25. The van der Waals surface area contributed by atoms with Crippen molar-refractivity contribution in [2.75, 3.05) is 19.6 Å². The van der Waals surface area contributed by atoms with E-state index in [1.165, 1.54) is 25.9 Å². The molecule has 0 radical (unpaired) electrons. The van der Waals surface area contributed by atoms with Gasteiger partial charge in [-0.05, 0) is 31.8 Å². The summed E-state index contributed by atoms with van der Waals surface area (Å²) in [4.78, 5) is 2.48. The van der Waals surface area contributed by atoms with Gasteiger partial charge in [0.15, 0.2) is 0 Å². The fraction of sp³-hybridized carbons (Fsp3) is 1.00. The normalized spacial score (nSPS) is 40.6. The Balaban J connectivity index is 0.000000500. The summed E-state index contributed by atoms with van der Waals surface area (Å²) in [7, 11) is 0. The second-order valence-corrected chi connectivity index (χ2v) is 3.30. The lowest BCUT2D eigenvalue weighted by atomic mass is 9.85. The summed E-state index contributed by atoms with van der Waals surface area (Å²) in [5, 5.41) is 0. The standard InChI is InChI=1S/C7H14N2.2ClH/c8-7-5-9-3-1-6(7)2-4-9;;/h6-7H,1-5,8H2;2*1H/t7-;;/m1../s1. The third-order valence-electron chi connectivity index (χ3n) is 2.71. The molecule has 3 aliphatic rings. The van der Waals surface area contributed by atoms with Gasteiger partial charge in [-0.25, -0.2) is 0 Å². The van der Waals surface area contributed by atoms with Crippen LogP contribution in [-0.2, 0) is 0 Å². The third kappa shape index (κ3) is 2.22. The SMILES string of the molecule is Cl.Cl.N[C@@H]1CN2CCC1CC2. The predicted molar refractivity (Wildman–Crippen MR) is 51.6 cm³/mol. The summed E-state index contributed by atoms with van der Waals surface area (Å²) in [6.45, 7) is 3.77. The molecule has 3 saturated heterocycles. The van der Waals surface area contributed by atoms with E-state index < -0.39 is 0 Å². The average Bonchev–Trinajstić information content (AvgIpc) is 1.90. The maximum Gasteiger partial charge on any atom is 0.0197 e. The molecule has 11 heavy (non-hydrogen) atoms. The summed E-state index contributed by atoms with van der Waals surface area (Å²) in [6.07, 6.45) is 2.70. The van der Waals surface area contributed by atoms with Crippen LogP contribution in [0.5, 0.6) is 0 Å². The van der Waals surface area contributed by atoms with Crippen molar-refractivity contribution in [3.05, 3.63) is 0 Å². The zero-order valence-corrected chi connectivity index (χ0v) is 8.16. The number of rotatable bonds is 0. The van der Waals surface area contributed by atoms with Crippen LogP contribution < -0.4 is 5.73 Å². The van der Waals surface area contributed by atoms with Crippen LogP contribution >= 0.6 is 24.8 Å². The van der Waals surface area contributed by atoms with Crippen LogP contribution in [0.1, 0.15) is 12.8 Å². The van der Waals surface area contributed by atoms with E-state index >= 15 is 0 Å². The van der Waals surface area contributed by atoms with Crippen molar-refractivity contribution in [3.8, 4) is 0 Å². The number of piperidine rings is 3. The molecule has 3 rings (SSSR count). The van der Waals surface area contributed by atoms with Crippen molar-refractivity contribution in [1.82, 2.24) is 4.90 Å². The van der Waals surface area contributed by atoms with Crippen molar-refractivity contribution in [3.63, 3.8) is 0 Å². The van der Waals surface area contributed by atoms with Gasteiger partial charge in [-0.3, -0.25) is 0 Å². The van der Waals surface area contributed by atoms with Crippen molar-refractivity contribution < 1.29 is 0 Å². The Labute approximate surface area is 80.3 Å². The van der Waals surface area contributed by atoms with E-state index in [4.69, 9.17) is 5.73 Å². The van der Waals surface area contributed by atoms with E-state index in [1.807, 2.05) is 0 Å². The number of nitrogens with zero attached hydrogens (tertiary/aromatic N) is 1. The molecule has 0 amide bonds. The zero-order valence-electron chi connectivity index (χ0n) is 6.53. The third-order valence-corrected chi connectivity index (χ3v) is 2.71. The molecule has 2 nitrogen and oxygen atoms in total. The summed E-state index contributed by atoms with van der Waals surface area (Å²) >= 11 is 0. The van der Waals surface area contributed by atoms with Gasteiger partial charge in [-0.1, -0.05) is 0 Å². The van der Waals surface area contributed by atoms with Gasteiger partial charge in [0.1, 0.15) is 0 Å². The first-order valence-electron chi connectivity index (χ1n) is 3.84. The molecule has 4 heteroatoms. The van der Waals surface area contributed by atoms with Gasteiger partial charge < -0.3 is 10.6 Å². The molecular formula is C7H16Cl2N2. The molecule has 0 saturated carbocycles. The fourth-order valence-corrected chi connectivity index (χ4v) is 2.01. The average molecular weight is 199 g/mol. The van der Waals surface area contributed by atoms with Gasteiger partial charge in [0, 0.05) is 12.6 Å². The minimum absolute atomic E-state index is 0. The van der Waals surface area contributed by atoms with Crippen molar-refractivity contribution in [2.45, 2.75) is 18.9 Å². The van der Waals surface area contributed by atoms with Crippen molar-refractivity contribution >= 4 is 24.8 Å². The van der Waals surface area contributed by atoms with Gasteiger partial charge in [-0.2, -0.15) is 0 Å². The highest BCUT2D eigenvalue weighted by Gasteiger charge is 2.31. The number of fused-ring (bicyclic) bond motifs is 3. The summed E-state index contributed by atoms with van der Waals surface area (Å²) in [5.74, 6) is 0.856. The van der Waals surface area contributed by atoms with E-state index in [2.05, 4.69) is 4.90 Å². The second kappa shape index (κ2) is 4.51. The highest BCUT2D eigenvalue weighted by atomic mass is 35.5. The first kappa shape index (κ1) is 11.5. The molecule has 0 spiro atoms. The smallest absolute Gasteiger partial charge is 0.0197 e. The molecule has 0 aromatic heterocycles. The lowest BCUT2D eigenvalue weighted by molar-refractivity contribution is 0.0896. The first-order chi connectivity index (χ1) is 4.36. The molecule has 2 bridgehead atoms.